The maximum absolute atomic E-state index is 10.9. The Hall–Kier alpha value is -2.48. The number of thiazole rings is 1. The van der Waals surface area contributed by atoms with E-state index in [9.17, 15) is 14.9 Å². The van der Waals surface area contributed by atoms with Crippen molar-refractivity contribution >= 4 is 23.0 Å². The van der Waals surface area contributed by atoms with Crippen LogP contribution in [-0.2, 0) is 6.61 Å². The van der Waals surface area contributed by atoms with Gasteiger partial charge < -0.3 is 9.84 Å². The van der Waals surface area contributed by atoms with Gasteiger partial charge in [0.15, 0.2) is 5.75 Å². The first kappa shape index (κ1) is 13.9. The molecule has 0 aliphatic heterocycles. The number of carboxylic acid groups (broad SMARTS) is 1. The minimum atomic E-state index is -1.23. The number of hydrogen-bond donors (Lipinski definition) is 1. The molecule has 1 N–H and O–H groups in total. The first-order chi connectivity index (χ1) is 9.47. The van der Waals surface area contributed by atoms with E-state index in [4.69, 9.17) is 9.84 Å². The number of ether oxygens (including phenoxy) is 1. The second-order valence-corrected chi connectivity index (χ2v) is 4.86. The first-order valence-electron chi connectivity index (χ1n) is 5.53. The summed E-state index contributed by atoms with van der Waals surface area (Å²) in [7, 11) is 0. The maximum Gasteiger partial charge on any atom is 0.335 e. The molecular weight excluding hydrogens is 284 g/mol. The number of aryl methyl sites for hydroxylation is 1. The minimum absolute atomic E-state index is 0.0212. The number of carbonyl (C=O) groups is 1. The molecule has 0 spiro atoms. The lowest BCUT2D eigenvalue weighted by Crippen LogP contribution is -2.02. The van der Waals surface area contributed by atoms with Crippen molar-refractivity contribution in [3.8, 4) is 5.75 Å². The van der Waals surface area contributed by atoms with Gasteiger partial charge >= 0.3 is 11.7 Å². The lowest BCUT2D eigenvalue weighted by molar-refractivity contribution is -0.386. The molecule has 1 aromatic carbocycles. The van der Waals surface area contributed by atoms with E-state index in [1.807, 2.05) is 12.3 Å². The Labute approximate surface area is 117 Å². The van der Waals surface area contributed by atoms with Gasteiger partial charge in [-0.2, -0.15) is 0 Å². The third kappa shape index (κ3) is 3.09. The van der Waals surface area contributed by atoms with Crippen LogP contribution in [0.5, 0.6) is 5.75 Å². The van der Waals surface area contributed by atoms with Crippen LogP contribution in [0.2, 0.25) is 0 Å². The summed E-state index contributed by atoms with van der Waals surface area (Å²) in [6.45, 7) is 1.94. The molecule has 0 unspecified atom stereocenters. The predicted molar refractivity (Wildman–Crippen MR) is 71.2 cm³/mol. The first-order valence-corrected chi connectivity index (χ1v) is 6.41. The highest BCUT2D eigenvalue weighted by Gasteiger charge is 2.18. The zero-order valence-corrected chi connectivity index (χ0v) is 11.2. The number of aromatic nitrogens is 1. The zero-order chi connectivity index (χ0) is 14.7. The van der Waals surface area contributed by atoms with Crippen LogP contribution in [0.15, 0.2) is 23.6 Å². The molecule has 0 bridgehead atoms. The van der Waals surface area contributed by atoms with Crippen molar-refractivity contribution in [3.63, 3.8) is 0 Å². The van der Waals surface area contributed by atoms with Crippen molar-refractivity contribution in [2.45, 2.75) is 13.5 Å². The Bertz CT molecular complexity index is 668. The summed E-state index contributed by atoms with van der Waals surface area (Å²) in [5, 5.41) is 22.3. The molecule has 2 aromatic rings. The van der Waals surface area contributed by atoms with Crippen molar-refractivity contribution in [2.24, 2.45) is 0 Å². The van der Waals surface area contributed by atoms with Crippen LogP contribution < -0.4 is 4.74 Å². The van der Waals surface area contributed by atoms with Gasteiger partial charge in [0, 0.05) is 17.1 Å². The molecule has 0 aliphatic carbocycles. The molecule has 2 rings (SSSR count). The summed E-state index contributed by atoms with van der Waals surface area (Å²) in [6.07, 6.45) is 0. The van der Waals surface area contributed by atoms with E-state index in [1.54, 1.807) is 0 Å². The van der Waals surface area contributed by atoms with Crippen molar-refractivity contribution in [3.05, 3.63) is 50.0 Å². The van der Waals surface area contributed by atoms with Gasteiger partial charge in [0.2, 0.25) is 0 Å². The van der Waals surface area contributed by atoms with Gasteiger partial charge in [0.1, 0.15) is 11.6 Å². The summed E-state index contributed by atoms with van der Waals surface area (Å²) in [5.74, 6) is -1.21. The van der Waals surface area contributed by atoms with Gasteiger partial charge in [0.05, 0.1) is 10.5 Å². The van der Waals surface area contributed by atoms with Crippen LogP contribution in [0.1, 0.15) is 21.1 Å². The van der Waals surface area contributed by atoms with Crippen LogP contribution >= 0.6 is 11.3 Å². The van der Waals surface area contributed by atoms with Crippen LogP contribution in [-0.4, -0.2) is 21.0 Å². The number of carboxylic acids is 1. The van der Waals surface area contributed by atoms with E-state index in [-0.39, 0.29) is 23.6 Å². The Kier molecular flexibility index (Phi) is 3.94. The number of benzene rings is 1. The molecule has 8 heteroatoms. The summed E-state index contributed by atoms with van der Waals surface area (Å²) in [5.41, 5.74) is 0.316. The highest BCUT2D eigenvalue weighted by atomic mass is 32.1. The summed E-state index contributed by atoms with van der Waals surface area (Å²) in [6, 6.07) is 3.52. The van der Waals surface area contributed by atoms with E-state index < -0.39 is 10.9 Å². The molecule has 0 saturated heterocycles. The van der Waals surface area contributed by atoms with Gasteiger partial charge in [-0.3, -0.25) is 10.1 Å². The molecule has 1 aromatic heterocycles. The Morgan fingerprint density at radius 3 is 2.85 bits per heavy atom. The Morgan fingerprint density at radius 1 is 1.55 bits per heavy atom. The highest BCUT2D eigenvalue weighted by molar-refractivity contribution is 7.09. The fourth-order valence-corrected chi connectivity index (χ4v) is 2.21. The Balaban J connectivity index is 2.22. The van der Waals surface area contributed by atoms with Gasteiger partial charge in [-0.1, -0.05) is 0 Å². The number of nitro benzene ring substituents is 1. The monoisotopic (exact) mass is 294 g/mol. The zero-order valence-electron chi connectivity index (χ0n) is 10.4. The standard InChI is InChI=1S/C12H10N2O5S/c1-7-6-20-11(13-7)5-19-10-3-2-8(12(15)16)4-9(10)14(17)18/h2-4,6H,5H2,1H3,(H,15,16). The molecule has 0 saturated carbocycles. The largest absolute Gasteiger partial charge is 0.479 e. The molecule has 7 nitrogen and oxygen atoms in total. The van der Waals surface area contributed by atoms with E-state index in [2.05, 4.69) is 4.98 Å². The quantitative estimate of drug-likeness (QED) is 0.671. The van der Waals surface area contributed by atoms with Gasteiger partial charge in [-0.05, 0) is 19.1 Å². The van der Waals surface area contributed by atoms with Crippen LogP contribution in [0.4, 0.5) is 5.69 Å². The SMILES string of the molecule is Cc1csc(COc2ccc(C(=O)O)cc2[N+](=O)[O-])n1. The van der Waals surface area contributed by atoms with E-state index in [0.29, 0.717) is 5.01 Å². The predicted octanol–water partition coefficient (Wildman–Crippen LogP) is 2.64. The molecule has 104 valence electrons. The van der Waals surface area contributed by atoms with Crippen molar-refractivity contribution < 1.29 is 19.6 Å². The Morgan fingerprint density at radius 2 is 2.30 bits per heavy atom. The average molecular weight is 294 g/mol. The topological polar surface area (TPSA) is 103 Å². The number of rotatable bonds is 5. The molecule has 0 atom stereocenters. The molecule has 0 aliphatic rings. The smallest absolute Gasteiger partial charge is 0.335 e. The van der Waals surface area contributed by atoms with Crippen LogP contribution in [0.25, 0.3) is 0 Å². The third-order valence-electron chi connectivity index (χ3n) is 2.42. The summed E-state index contributed by atoms with van der Waals surface area (Å²) in [4.78, 5) is 25.2. The fraction of sp³-hybridized carbons (Fsp3) is 0.167. The van der Waals surface area contributed by atoms with Gasteiger partial charge in [0.25, 0.3) is 0 Å². The van der Waals surface area contributed by atoms with Gasteiger partial charge in [-0.15, -0.1) is 11.3 Å². The summed E-state index contributed by atoms with van der Waals surface area (Å²) >= 11 is 1.39. The lowest BCUT2D eigenvalue weighted by atomic mass is 10.2. The minimum Gasteiger partial charge on any atom is -0.479 e. The molecule has 0 radical (unpaired) electrons. The molecule has 1 heterocycles. The second kappa shape index (κ2) is 5.66. The highest BCUT2D eigenvalue weighted by Crippen LogP contribution is 2.29. The number of nitrogens with zero attached hydrogens (tertiary/aromatic N) is 2. The number of hydrogen-bond acceptors (Lipinski definition) is 6. The normalized spacial score (nSPS) is 10.2. The number of nitro groups is 1. The molecule has 0 fully saturated rings. The van der Waals surface area contributed by atoms with Crippen LogP contribution in [0.3, 0.4) is 0 Å². The second-order valence-electron chi connectivity index (χ2n) is 3.92. The van der Waals surface area contributed by atoms with Crippen molar-refractivity contribution in [2.75, 3.05) is 0 Å². The average Bonchev–Trinajstić information content (AvgIpc) is 2.81. The lowest BCUT2D eigenvalue weighted by Gasteiger charge is -2.05. The summed E-state index contributed by atoms with van der Waals surface area (Å²) < 4.78 is 5.35. The number of aromatic carboxylic acids is 1. The third-order valence-corrected chi connectivity index (χ3v) is 3.36. The molecule has 20 heavy (non-hydrogen) atoms. The molecular formula is C12H10N2O5S. The van der Waals surface area contributed by atoms with E-state index in [0.717, 1.165) is 11.8 Å². The molecule has 0 amide bonds. The van der Waals surface area contributed by atoms with Crippen molar-refractivity contribution in [1.82, 2.24) is 4.98 Å². The van der Waals surface area contributed by atoms with Gasteiger partial charge in [-0.25, -0.2) is 9.78 Å². The van der Waals surface area contributed by atoms with Crippen LogP contribution in [0, 0.1) is 17.0 Å². The van der Waals surface area contributed by atoms with E-state index >= 15 is 0 Å². The van der Waals surface area contributed by atoms with E-state index in [1.165, 1.54) is 23.5 Å². The maximum atomic E-state index is 10.9. The van der Waals surface area contributed by atoms with Crippen molar-refractivity contribution in [1.29, 1.82) is 0 Å². The fourth-order valence-electron chi connectivity index (χ4n) is 1.52.